The summed E-state index contributed by atoms with van der Waals surface area (Å²) in [5.41, 5.74) is 0.514. The Hall–Kier alpha value is -1.77. The van der Waals surface area contributed by atoms with Crippen molar-refractivity contribution in [3.63, 3.8) is 0 Å². The van der Waals surface area contributed by atoms with Crippen LogP contribution in [-0.4, -0.2) is 19.2 Å². The molecule has 0 unspecified atom stereocenters. The van der Waals surface area contributed by atoms with Gasteiger partial charge in [0.05, 0.1) is 12.2 Å². The van der Waals surface area contributed by atoms with Crippen LogP contribution in [0.15, 0.2) is 36.4 Å². The van der Waals surface area contributed by atoms with Crippen LogP contribution in [0.25, 0.3) is 0 Å². The lowest BCUT2D eigenvalue weighted by Gasteiger charge is -2.05. The quantitative estimate of drug-likeness (QED) is 0.565. The first-order valence-corrected chi connectivity index (χ1v) is 5.29. The lowest BCUT2D eigenvalue weighted by Crippen LogP contribution is -2.04. The Morgan fingerprint density at radius 2 is 2.25 bits per heavy atom. The van der Waals surface area contributed by atoms with Crippen LogP contribution < -0.4 is 4.74 Å². The second-order valence-corrected chi connectivity index (χ2v) is 3.13. The van der Waals surface area contributed by atoms with Crippen LogP contribution in [0.2, 0.25) is 0 Å². The van der Waals surface area contributed by atoms with Crippen LogP contribution in [0.3, 0.4) is 0 Å². The summed E-state index contributed by atoms with van der Waals surface area (Å²) in [6, 6.07) is 6.98. The summed E-state index contributed by atoms with van der Waals surface area (Å²) >= 11 is 0. The van der Waals surface area contributed by atoms with Gasteiger partial charge in [-0.2, -0.15) is 0 Å². The van der Waals surface area contributed by atoms with Crippen LogP contribution in [-0.2, 0) is 4.74 Å². The Balaban J connectivity index is 2.66. The highest BCUT2D eigenvalue weighted by atomic mass is 16.5. The summed E-state index contributed by atoms with van der Waals surface area (Å²) in [6.07, 6.45) is 3.81. The van der Waals surface area contributed by atoms with Gasteiger partial charge < -0.3 is 9.47 Å². The van der Waals surface area contributed by atoms with Crippen LogP contribution in [0.1, 0.15) is 24.2 Å². The molecule has 1 aromatic rings. The molecule has 0 aliphatic carbocycles. The number of carbonyl (C=O) groups excluding carboxylic acids is 1. The molecule has 0 N–H and O–H groups in total. The molecule has 0 aromatic heterocycles. The van der Waals surface area contributed by atoms with E-state index in [2.05, 4.69) is 0 Å². The van der Waals surface area contributed by atoms with Crippen molar-refractivity contribution in [3.05, 3.63) is 42.0 Å². The number of hydrogen-bond acceptors (Lipinski definition) is 3. The van der Waals surface area contributed by atoms with E-state index in [0.717, 1.165) is 0 Å². The zero-order valence-corrected chi connectivity index (χ0v) is 9.60. The molecule has 0 heterocycles. The van der Waals surface area contributed by atoms with Gasteiger partial charge in [0.2, 0.25) is 0 Å². The van der Waals surface area contributed by atoms with Crippen LogP contribution >= 0.6 is 0 Å². The highest BCUT2D eigenvalue weighted by molar-refractivity contribution is 5.89. The molecule has 0 fully saturated rings. The van der Waals surface area contributed by atoms with Gasteiger partial charge >= 0.3 is 5.97 Å². The predicted molar refractivity (Wildman–Crippen MR) is 62.7 cm³/mol. The fourth-order valence-corrected chi connectivity index (χ4v) is 1.17. The van der Waals surface area contributed by atoms with E-state index in [4.69, 9.17) is 9.47 Å². The molecule has 3 nitrogen and oxygen atoms in total. The van der Waals surface area contributed by atoms with Crippen molar-refractivity contribution in [1.29, 1.82) is 0 Å². The van der Waals surface area contributed by atoms with Crippen molar-refractivity contribution >= 4 is 5.97 Å². The Bertz CT molecular complexity index is 369. The van der Waals surface area contributed by atoms with Gasteiger partial charge in [0, 0.05) is 0 Å². The third-order valence-electron chi connectivity index (χ3n) is 1.93. The van der Waals surface area contributed by atoms with Crippen LogP contribution in [0.5, 0.6) is 5.75 Å². The molecule has 0 aliphatic heterocycles. The monoisotopic (exact) mass is 220 g/mol. The van der Waals surface area contributed by atoms with Gasteiger partial charge in [0.1, 0.15) is 12.4 Å². The normalized spacial score (nSPS) is 10.4. The highest BCUT2D eigenvalue weighted by Gasteiger charge is 2.06. The van der Waals surface area contributed by atoms with E-state index in [9.17, 15) is 4.79 Å². The minimum absolute atomic E-state index is 0.320. The average molecular weight is 220 g/mol. The minimum Gasteiger partial charge on any atom is -0.490 e. The number of esters is 1. The van der Waals surface area contributed by atoms with Crippen molar-refractivity contribution in [2.45, 2.75) is 13.8 Å². The molecule has 3 heteroatoms. The summed E-state index contributed by atoms with van der Waals surface area (Å²) < 4.78 is 10.3. The van der Waals surface area contributed by atoms with Gasteiger partial charge in [-0.1, -0.05) is 18.2 Å². The van der Waals surface area contributed by atoms with Crippen molar-refractivity contribution in [1.82, 2.24) is 0 Å². The largest absolute Gasteiger partial charge is 0.490 e. The van der Waals surface area contributed by atoms with Crippen molar-refractivity contribution in [3.8, 4) is 5.75 Å². The molecule has 0 aliphatic rings. The SMILES string of the molecule is C/C=C/COc1cccc(C(=O)OCC)c1. The van der Waals surface area contributed by atoms with E-state index in [0.29, 0.717) is 24.5 Å². The molecular weight excluding hydrogens is 204 g/mol. The highest BCUT2D eigenvalue weighted by Crippen LogP contribution is 2.14. The molecular formula is C13H16O3. The average Bonchev–Trinajstić information content (AvgIpc) is 2.30. The first-order chi connectivity index (χ1) is 7.77. The molecule has 0 radical (unpaired) electrons. The molecule has 0 spiro atoms. The Kier molecular flexibility index (Phi) is 5.12. The minimum atomic E-state index is -0.320. The van der Waals surface area contributed by atoms with Gasteiger partial charge in [-0.3, -0.25) is 0 Å². The molecule has 16 heavy (non-hydrogen) atoms. The first-order valence-electron chi connectivity index (χ1n) is 5.29. The molecule has 1 aromatic carbocycles. The fraction of sp³-hybridized carbons (Fsp3) is 0.308. The summed E-state index contributed by atoms with van der Waals surface area (Å²) in [7, 11) is 0. The number of hydrogen-bond donors (Lipinski definition) is 0. The van der Waals surface area contributed by atoms with E-state index in [1.54, 1.807) is 25.1 Å². The summed E-state index contributed by atoms with van der Waals surface area (Å²) in [4.78, 5) is 11.4. The number of carbonyl (C=O) groups is 1. The van der Waals surface area contributed by atoms with E-state index in [1.807, 2.05) is 25.1 Å². The molecule has 0 atom stereocenters. The van der Waals surface area contributed by atoms with Crippen molar-refractivity contribution in [2.75, 3.05) is 13.2 Å². The zero-order valence-electron chi connectivity index (χ0n) is 9.60. The van der Waals surface area contributed by atoms with Gasteiger partial charge in [-0.05, 0) is 32.0 Å². The Morgan fingerprint density at radius 3 is 2.94 bits per heavy atom. The maximum Gasteiger partial charge on any atom is 0.338 e. The van der Waals surface area contributed by atoms with Gasteiger partial charge in [0.15, 0.2) is 0 Å². The summed E-state index contributed by atoms with van der Waals surface area (Å²) in [5, 5.41) is 0. The van der Waals surface area contributed by atoms with Gasteiger partial charge in [-0.15, -0.1) is 0 Å². The zero-order chi connectivity index (χ0) is 11.8. The van der Waals surface area contributed by atoms with Gasteiger partial charge in [0.25, 0.3) is 0 Å². The molecule has 0 saturated carbocycles. The molecule has 0 saturated heterocycles. The standard InChI is InChI=1S/C13H16O3/c1-3-5-9-16-12-8-6-7-11(10-12)13(14)15-4-2/h3,5-8,10H,4,9H2,1-2H3/b5-3+. The van der Waals surface area contributed by atoms with E-state index in [1.165, 1.54) is 0 Å². The Morgan fingerprint density at radius 1 is 1.44 bits per heavy atom. The fourth-order valence-electron chi connectivity index (χ4n) is 1.17. The molecule has 0 amide bonds. The number of ether oxygens (including phenoxy) is 2. The van der Waals surface area contributed by atoms with E-state index < -0.39 is 0 Å². The Labute approximate surface area is 95.7 Å². The lowest BCUT2D eigenvalue weighted by atomic mass is 10.2. The molecule has 0 bridgehead atoms. The third-order valence-corrected chi connectivity index (χ3v) is 1.93. The van der Waals surface area contributed by atoms with Crippen molar-refractivity contribution in [2.24, 2.45) is 0 Å². The number of benzene rings is 1. The summed E-state index contributed by atoms with van der Waals surface area (Å²) in [5.74, 6) is 0.350. The topological polar surface area (TPSA) is 35.5 Å². The maximum absolute atomic E-state index is 11.4. The third kappa shape index (κ3) is 3.77. The second-order valence-electron chi connectivity index (χ2n) is 3.13. The van der Waals surface area contributed by atoms with Crippen LogP contribution in [0, 0.1) is 0 Å². The molecule has 1 rings (SSSR count). The smallest absolute Gasteiger partial charge is 0.338 e. The predicted octanol–water partition coefficient (Wildman–Crippen LogP) is 2.82. The van der Waals surface area contributed by atoms with Crippen LogP contribution in [0.4, 0.5) is 0 Å². The number of allylic oxidation sites excluding steroid dienone is 1. The first kappa shape index (κ1) is 12.3. The lowest BCUT2D eigenvalue weighted by molar-refractivity contribution is 0.0526. The van der Waals surface area contributed by atoms with Crippen molar-refractivity contribution < 1.29 is 14.3 Å². The molecule has 86 valence electrons. The van der Waals surface area contributed by atoms with E-state index >= 15 is 0 Å². The summed E-state index contributed by atoms with van der Waals surface area (Å²) in [6.45, 7) is 4.59. The van der Waals surface area contributed by atoms with E-state index in [-0.39, 0.29) is 5.97 Å². The number of rotatable bonds is 5. The van der Waals surface area contributed by atoms with Gasteiger partial charge in [-0.25, -0.2) is 4.79 Å². The second kappa shape index (κ2) is 6.67. The maximum atomic E-state index is 11.4.